The van der Waals surface area contributed by atoms with E-state index in [1.807, 2.05) is 6.92 Å². The van der Waals surface area contributed by atoms with E-state index in [2.05, 4.69) is 4.99 Å². The first-order chi connectivity index (χ1) is 13.9. The Morgan fingerprint density at radius 3 is 2.76 bits per heavy atom. The van der Waals surface area contributed by atoms with Crippen LogP contribution in [-0.2, 0) is 9.53 Å². The van der Waals surface area contributed by atoms with Crippen molar-refractivity contribution in [3.05, 3.63) is 68.4 Å². The lowest BCUT2D eigenvalue weighted by atomic mass is 10.1. The van der Waals surface area contributed by atoms with Gasteiger partial charge < -0.3 is 14.2 Å². The van der Waals surface area contributed by atoms with Gasteiger partial charge in [-0.25, -0.2) is 9.79 Å². The maximum atomic E-state index is 12.3. The molecule has 1 aliphatic rings. The summed E-state index contributed by atoms with van der Waals surface area (Å²) in [6, 6.07) is 9.11. The van der Waals surface area contributed by atoms with Crippen LogP contribution in [-0.4, -0.2) is 30.5 Å². The Bertz CT molecular complexity index is 1030. The summed E-state index contributed by atoms with van der Waals surface area (Å²) in [6.07, 6.45) is 2.33. The number of aliphatic imine (C=N–C) groups is 1. The molecule has 1 aliphatic heterocycles. The number of para-hydroxylation sites is 1. The number of esters is 1. The van der Waals surface area contributed by atoms with Gasteiger partial charge in [0.1, 0.15) is 0 Å². The second-order valence-corrected chi connectivity index (χ2v) is 6.39. The van der Waals surface area contributed by atoms with Gasteiger partial charge in [0.15, 0.2) is 17.2 Å². The van der Waals surface area contributed by atoms with Gasteiger partial charge in [0.25, 0.3) is 5.69 Å². The summed E-state index contributed by atoms with van der Waals surface area (Å²) in [6.45, 7) is 2.46. The molecule has 0 bridgehead atoms. The first-order valence-corrected chi connectivity index (χ1v) is 9.09. The molecule has 9 heteroatoms. The van der Waals surface area contributed by atoms with Crippen molar-refractivity contribution in [1.82, 2.24) is 0 Å². The average molecular weight is 417 g/mol. The predicted molar refractivity (Wildman–Crippen MR) is 107 cm³/mol. The zero-order valence-electron chi connectivity index (χ0n) is 15.7. The number of carbonyl (C=O) groups is 1. The molecule has 29 heavy (non-hydrogen) atoms. The topological polar surface area (TPSA) is 100 Å². The van der Waals surface area contributed by atoms with E-state index in [9.17, 15) is 14.9 Å². The highest BCUT2D eigenvalue weighted by Crippen LogP contribution is 2.34. The lowest BCUT2D eigenvalue weighted by molar-refractivity contribution is -0.384. The van der Waals surface area contributed by atoms with Gasteiger partial charge >= 0.3 is 5.97 Å². The minimum atomic E-state index is -0.668. The largest absolute Gasteiger partial charge is 0.493 e. The number of methoxy groups -OCH3 is 1. The quantitative estimate of drug-likeness (QED) is 0.287. The summed E-state index contributed by atoms with van der Waals surface area (Å²) in [4.78, 5) is 26.8. The summed E-state index contributed by atoms with van der Waals surface area (Å²) in [7, 11) is 1.53. The fraction of sp³-hybridized carbons (Fsp3) is 0.200. The van der Waals surface area contributed by atoms with Crippen molar-refractivity contribution in [3.63, 3.8) is 0 Å². The summed E-state index contributed by atoms with van der Waals surface area (Å²) < 4.78 is 16.3. The van der Waals surface area contributed by atoms with Crippen molar-refractivity contribution in [3.8, 4) is 11.5 Å². The fourth-order valence-corrected chi connectivity index (χ4v) is 2.88. The number of nitro benzene ring substituents is 1. The van der Waals surface area contributed by atoms with Gasteiger partial charge in [0.05, 0.1) is 29.2 Å². The molecule has 0 unspecified atom stereocenters. The third-order valence-electron chi connectivity index (χ3n) is 3.99. The fourth-order valence-electron chi connectivity index (χ4n) is 2.63. The normalized spacial score (nSPS) is 14.5. The van der Waals surface area contributed by atoms with E-state index in [1.165, 1.54) is 31.4 Å². The Morgan fingerprint density at radius 2 is 2.10 bits per heavy atom. The lowest BCUT2D eigenvalue weighted by Gasteiger charge is -2.12. The number of ether oxygens (including phenoxy) is 3. The van der Waals surface area contributed by atoms with Crippen LogP contribution in [0.25, 0.3) is 6.08 Å². The number of carbonyl (C=O) groups excluding carboxylic acids is 1. The van der Waals surface area contributed by atoms with Crippen molar-refractivity contribution in [2.45, 2.75) is 13.3 Å². The highest BCUT2D eigenvalue weighted by Gasteiger charge is 2.27. The second-order valence-electron chi connectivity index (χ2n) is 5.98. The number of hydrogen-bond donors (Lipinski definition) is 0. The number of halogens is 1. The van der Waals surface area contributed by atoms with Gasteiger partial charge in [0.2, 0.25) is 5.90 Å². The number of benzene rings is 2. The summed E-state index contributed by atoms with van der Waals surface area (Å²) in [5.41, 5.74) is 0.754. The number of nitrogens with zero attached hydrogens (tertiary/aromatic N) is 2. The highest BCUT2D eigenvalue weighted by molar-refractivity contribution is 6.34. The smallest absolute Gasteiger partial charge is 0.363 e. The van der Waals surface area contributed by atoms with E-state index in [0.717, 1.165) is 6.42 Å². The summed E-state index contributed by atoms with van der Waals surface area (Å²) in [5, 5.41) is 10.9. The molecule has 0 aliphatic carbocycles. The predicted octanol–water partition coefficient (Wildman–Crippen LogP) is 4.39. The molecule has 0 atom stereocenters. The minimum Gasteiger partial charge on any atom is -0.493 e. The number of nitro groups is 1. The maximum Gasteiger partial charge on any atom is 0.363 e. The van der Waals surface area contributed by atoms with Crippen molar-refractivity contribution < 1.29 is 23.9 Å². The SMILES string of the molecule is CCCOc1c(/C=C2\N=C(c3ccc([N+](=O)[O-])cc3Cl)OC2=O)cccc1OC. The van der Waals surface area contributed by atoms with Crippen molar-refractivity contribution in [1.29, 1.82) is 0 Å². The molecule has 0 spiro atoms. The van der Waals surface area contributed by atoms with Crippen LogP contribution in [0.5, 0.6) is 11.5 Å². The molecule has 0 aromatic heterocycles. The van der Waals surface area contributed by atoms with Gasteiger partial charge in [-0.15, -0.1) is 0 Å². The molecule has 2 aromatic carbocycles. The molecular formula is C20H17ClN2O6. The van der Waals surface area contributed by atoms with Crippen LogP contribution in [0.3, 0.4) is 0 Å². The second kappa shape index (κ2) is 8.74. The Balaban J connectivity index is 1.98. The number of hydrogen-bond acceptors (Lipinski definition) is 7. The van der Waals surface area contributed by atoms with Gasteiger partial charge in [-0.1, -0.05) is 30.7 Å². The van der Waals surface area contributed by atoms with E-state index in [0.29, 0.717) is 23.7 Å². The monoisotopic (exact) mass is 416 g/mol. The van der Waals surface area contributed by atoms with Crippen LogP contribution >= 0.6 is 11.6 Å². The van der Waals surface area contributed by atoms with Crippen LogP contribution < -0.4 is 9.47 Å². The molecule has 150 valence electrons. The van der Waals surface area contributed by atoms with Crippen LogP contribution in [0.2, 0.25) is 5.02 Å². The Hall–Kier alpha value is -3.39. The molecule has 3 rings (SSSR count). The van der Waals surface area contributed by atoms with Crippen molar-refractivity contribution in [2.75, 3.05) is 13.7 Å². The van der Waals surface area contributed by atoms with E-state index in [4.69, 9.17) is 25.8 Å². The first-order valence-electron chi connectivity index (χ1n) is 8.71. The molecule has 2 aromatic rings. The molecule has 0 fully saturated rings. The van der Waals surface area contributed by atoms with Crippen LogP contribution in [0.1, 0.15) is 24.5 Å². The molecule has 0 saturated heterocycles. The lowest BCUT2D eigenvalue weighted by Crippen LogP contribution is -2.06. The number of rotatable bonds is 7. The van der Waals surface area contributed by atoms with Crippen molar-refractivity contribution in [2.24, 2.45) is 4.99 Å². The molecule has 0 radical (unpaired) electrons. The molecule has 0 amide bonds. The first kappa shape index (κ1) is 20.3. The Labute approximate surface area is 171 Å². The van der Waals surface area contributed by atoms with Gasteiger partial charge in [-0.2, -0.15) is 0 Å². The Kier molecular flexibility index (Phi) is 6.13. The van der Waals surface area contributed by atoms with Crippen LogP contribution in [0.4, 0.5) is 5.69 Å². The maximum absolute atomic E-state index is 12.3. The summed E-state index contributed by atoms with van der Waals surface area (Å²) >= 11 is 6.10. The molecule has 0 saturated carbocycles. The van der Waals surface area contributed by atoms with E-state index < -0.39 is 10.9 Å². The van der Waals surface area contributed by atoms with Gasteiger partial charge in [-0.3, -0.25) is 10.1 Å². The zero-order valence-corrected chi connectivity index (χ0v) is 16.4. The van der Waals surface area contributed by atoms with Crippen LogP contribution in [0.15, 0.2) is 47.1 Å². The summed E-state index contributed by atoms with van der Waals surface area (Å²) in [5.74, 6) is 0.328. The zero-order chi connectivity index (χ0) is 21.0. The average Bonchev–Trinajstić information content (AvgIpc) is 3.06. The highest BCUT2D eigenvalue weighted by atomic mass is 35.5. The van der Waals surface area contributed by atoms with Crippen LogP contribution in [0, 0.1) is 10.1 Å². The van der Waals surface area contributed by atoms with E-state index in [-0.39, 0.29) is 27.9 Å². The Morgan fingerprint density at radius 1 is 1.31 bits per heavy atom. The van der Waals surface area contributed by atoms with Gasteiger partial charge in [0, 0.05) is 17.7 Å². The number of non-ortho nitro benzene ring substituents is 1. The molecule has 1 heterocycles. The van der Waals surface area contributed by atoms with E-state index >= 15 is 0 Å². The molecule has 0 N–H and O–H groups in total. The number of cyclic esters (lactones) is 1. The van der Waals surface area contributed by atoms with E-state index in [1.54, 1.807) is 18.2 Å². The minimum absolute atomic E-state index is 0.0277. The third kappa shape index (κ3) is 4.38. The molecular weight excluding hydrogens is 400 g/mol. The van der Waals surface area contributed by atoms with Gasteiger partial charge in [-0.05, 0) is 24.6 Å². The molecule has 8 nitrogen and oxygen atoms in total. The van der Waals surface area contributed by atoms with Crippen molar-refractivity contribution >= 4 is 35.2 Å². The standard InChI is InChI=1S/C20H17ClN2O6/c1-3-9-28-18-12(5-4-6-17(18)27-2)10-16-20(24)29-19(22-16)14-8-7-13(23(25)26)11-15(14)21/h4-8,10-11H,3,9H2,1-2H3/b16-10-. The third-order valence-corrected chi connectivity index (χ3v) is 4.30.